The van der Waals surface area contributed by atoms with Gasteiger partial charge in [0.2, 0.25) is 6.08 Å². The molecule has 0 radical (unpaired) electrons. The van der Waals surface area contributed by atoms with Gasteiger partial charge in [-0.3, -0.25) is 0 Å². The number of aryl methyl sites for hydroxylation is 1. The minimum absolute atomic E-state index is 0.326. The van der Waals surface area contributed by atoms with Gasteiger partial charge < -0.3 is 4.74 Å². The standard InChI is InChI=1S/C15H19NO2/c1-10-8-13(11(2)12(3)14(10)18-4)15(16-9-17)6-5-7-15/h8H,5-7H2,1-4H3. The molecule has 1 fully saturated rings. The normalized spacial score (nSPS) is 16.7. The minimum atomic E-state index is -0.326. The number of benzene rings is 1. The molecule has 2 rings (SSSR count). The number of hydrogen-bond acceptors (Lipinski definition) is 3. The summed E-state index contributed by atoms with van der Waals surface area (Å²) in [6.45, 7) is 6.17. The minimum Gasteiger partial charge on any atom is -0.496 e. The number of nitrogens with zero attached hydrogens (tertiary/aromatic N) is 1. The smallest absolute Gasteiger partial charge is 0.235 e. The molecule has 3 heteroatoms. The predicted octanol–water partition coefficient (Wildman–Crippen LogP) is 3.34. The average Bonchev–Trinajstić information content (AvgIpc) is 2.29. The first-order valence-corrected chi connectivity index (χ1v) is 6.30. The van der Waals surface area contributed by atoms with E-state index in [9.17, 15) is 4.79 Å². The van der Waals surface area contributed by atoms with E-state index in [2.05, 4.69) is 24.9 Å². The molecule has 96 valence electrons. The molecular formula is C15H19NO2. The molecular weight excluding hydrogens is 226 g/mol. The van der Waals surface area contributed by atoms with E-state index in [1.165, 1.54) is 5.56 Å². The van der Waals surface area contributed by atoms with E-state index in [1.807, 2.05) is 6.92 Å². The van der Waals surface area contributed by atoms with Crippen LogP contribution >= 0.6 is 0 Å². The van der Waals surface area contributed by atoms with Gasteiger partial charge >= 0.3 is 0 Å². The monoisotopic (exact) mass is 245 g/mol. The molecule has 0 aliphatic heterocycles. The number of methoxy groups -OCH3 is 1. The summed E-state index contributed by atoms with van der Waals surface area (Å²) in [5.41, 5.74) is 4.25. The highest BCUT2D eigenvalue weighted by Gasteiger charge is 2.40. The Balaban J connectivity index is 2.62. The Kier molecular flexibility index (Phi) is 3.27. The van der Waals surface area contributed by atoms with E-state index in [4.69, 9.17) is 4.74 Å². The average molecular weight is 245 g/mol. The summed E-state index contributed by atoms with van der Waals surface area (Å²) in [7, 11) is 1.69. The second kappa shape index (κ2) is 4.58. The molecule has 1 saturated carbocycles. The zero-order valence-electron chi connectivity index (χ0n) is 11.5. The molecule has 3 nitrogen and oxygen atoms in total. The number of hydrogen-bond donors (Lipinski definition) is 0. The number of ether oxygens (including phenoxy) is 1. The van der Waals surface area contributed by atoms with E-state index >= 15 is 0 Å². The van der Waals surface area contributed by atoms with E-state index < -0.39 is 0 Å². The van der Waals surface area contributed by atoms with Crippen molar-refractivity contribution < 1.29 is 9.53 Å². The summed E-state index contributed by atoms with van der Waals surface area (Å²) in [5.74, 6) is 0.931. The lowest BCUT2D eigenvalue weighted by molar-refractivity contribution is 0.254. The summed E-state index contributed by atoms with van der Waals surface area (Å²) < 4.78 is 5.43. The molecule has 0 saturated heterocycles. The van der Waals surface area contributed by atoms with Crippen LogP contribution in [-0.2, 0) is 10.3 Å². The predicted molar refractivity (Wildman–Crippen MR) is 70.9 cm³/mol. The fraction of sp³-hybridized carbons (Fsp3) is 0.533. The van der Waals surface area contributed by atoms with E-state index in [0.29, 0.717) is 0 Å². The van der Waals surface area contributed by atoms with Crippen LogP contribution in [0, 0.1) is 20.8 Å². The molecule has 0 N–H and O–H groups in total. The van der Waals surface area contributed by atoms with Gasteiger partial charge in [-0.1, -0.05) is 0 Å². The number of carbonyl (C=O) groups excluding carboxylic acids is 1. The molecule has 18 heavy (non-hydrogen) atoms. The molecule has 0 aromatic heterocycles. The van der Waals surface area contributed by atoms with Crippen LogP contribution in [0.2, 0.25) is 0 Å². The van der Waals surface area contributed by atoms with Gasteiger partial charge in [-0.2, -0.15) is 4.99 Å². The van der Waals surface area contributed by atoms with Crippen LogP contribution in [0.25, 0.3) is 0 Å². The molecule has 0 heterocycles. The summed E-state index contributed by atoms with van der Waals surface area (Å²) in [6, 6.07) is 2.11. The summed E-state index contributed by atoms with van der Waals surface area (Å²) in [5, 5.41) is 0. The summed E-state index contributed by atoms with van der Waals surface area (Å²) in [6.07, 6.45) is 4.74. The molecule has 0 unspecified atom stereocenters. The maximum Gasteiger partial charge on any atom is 0.235 e. The van der Waals surface area contributed by atoms with Gasteiger partial charge in [-0.15, -0.1) is 0 Å². The highest BCUT2D eigenvalue weighted by Crippen LogP contribution is 2.47. The Bertz CT molecular complexity index is 524. The third-order valence-corrected chi connectivity index (χ3v) is 4.17. The van der Waals surface area contributed by atoms with Crippen LogP contribution in [0.1, 0.15) is 41.5 Å². The molecule has 0 atom stereocenters. The first-order chi connectivity index (χ1) is 8.55. The molecule has 1 aromatic rings. The lowest BCUT2D eigenvalue weighted by atomic mass is 9.70. The van der Waals surface area contributed by atoms with Crippen molar-refractivity contribution in [2.75, 3.05) is 7.11 Å². The molecule has 1 aromatic carbocycles. The fourth-order valence-electron chi connectivity index (χ4n) is 2.90. The van der Waals surface area contributed by atoms with Gasteiger partial charge in [0.15, 0.2) is 0 Å². The van der Waals surface area contributed by atoms with Crippen molar-refractivity contribution in [3.63, 3.8) is 0 Å². The lowest BCUT2D eigenvalue weighted by Crippen LogP contribution is -2.33. The summed E-state index contributed by atoms with van der Waals surface area (Å²) >= 11 is 0. The summed E-state index contributed by atoms with van der Waals surface area (Å²) in [4.78, 5) is 14.8. The molecule has 0 bridgehead atoms. The van der Waals surface area contributed by atoms with Crippen molar-refractivity contribution >= 4 is 6.08 Å². The maximum absolute atomic E-state index is 10.7. The van der Waals surface area contributed by atoms with Crippen molar-refractivity contribution in [1.29, 1.82) is 0 Å². The first kappa shape index (κ1) is 12.8. The molecule has 0 amide bonds. The Hall–Kier alpha value is -1.60. The Morgan fingerprint density at radius 3 is 2.39 bits per heavy atom. The van der Waals surface area contributed by atoms with Crippen LogP contribution in [-0.4, -0.2) is 13.2 Å². The van der Waals surface area contributed by atoms with E-state index in [0.717, 1.165) is 41.7 Å². The van der Waals surface area contributed by atoms with Gasteiger partial charge in [-0.05, 0) is 68.4 Å². The van der Waals surface area contributed by atoms with Crippen LogP contribution in [0.5, 0.6) is 5.75 Å². The number of rotatable bonds is 3. The largest absolute Gasteiger partial charge is 0.496 e. The Labute approximate surface area is 108 Å². The van der Waals surface area contributed by atoms with Crippen molar-refractivity contribution in [2.45, 2.75) is 45.6 Å². The zero-order valence-corrected chi connectivity index (χ0v) is 11.5. The van der Waals surface area contributed by atoms with Gasteiger partial charge in [0.25, 0.3) is 0 Å². The van der Waals surface area contributed by atoms with Crippen molar-refractivity contribution in [3.8, 4) is 5.75 Å². The molecule has 1 aliphatic rings. The second-order valence-electron chi connectivity index (χ2n) is 5.11. The zero-order chi connectivity index (χ0) is 13.3. The van der Waals surface area contributed by atoms with Gasteiger partial charge in [0.1, 0.15) is 5.75 Å². The van der Waals surface area contributed by atoms with Crippen molar-refractivity contribution in [2.24, 2.45) is 4.99 Å². The number of aliphatic imine (C=N–C) groups is 1. The van der Waals surface area contributed by atoms with Crippen LogP contribution in [0.4, 0.5) is 0 Å². The number of isocyanates is 1. The van der Waals surface area contributed by atoms with E-state index in [1.54, 1.807) is 13.2 Å². The van der Waals surface area contributed by atoms with Crippen molar-refractivity contribution in [1.82, 2.24) is 0 Å². The van der Waals surface area contributed by atoms with Crippen molar-refractivity contribution in [3.05, 3.63) is 28.3 Å². The Morgan fingerprint density at radius 1 is 1.28 bits per heavy atom. The topological polar surface area (TPSA) is 38.7 Å². The SMILES string of the molecule is COc1c(C)cc(C2(N=C=O)CCC2)c(C)c1C. The van der Waals surface area contributed by atoms with Gasteiger partial charge in [0.05, 0.1) is 12.6 Å². The first-order valence-electron chi connectivity index (χ1n) is 6.30. The third kappa shape index (κ3) is 1.75. The van der Waals surface area contributed by atoms with Crippen LogP contribution in [0.3, 0.4) is 0 Å². The lowest BCUT2D eigenvalue weighted by Gasteiger charge is -2.39. The van der Waals surface area contributed by atoms with Crippen LogP contribution in [0.15, 0.2) is 11.1 Å². The molecule has 1 aliphatic carbocycles. The second-order valence-corrected chi connectivity index (χ2v) is 5.11. The highest BCUT2D eigenvalue weighted by molar-refractivity contribution is 5.53. The third-order valence-electron chi connectivity index (χ3n) is 4.17. The Morgan fingerprint density at radius 2 is 1.94 bits per heavy atom. The van der Waals surface area contributed by atoms with Gasteiger partial charge in [-0.25, -0.2) is 4.79 Å². The maximum atomic E-state index is 10.7. The highest BCUT2D eigenvalue weighted by atomic mass is 16.5. The quantitative estimate of drug-likeness (QED) is 0.605. The fourth-order valence-corrected chi connectivity index (χ4v) is 2.90. The molecule has 0 spiro atoms. The van der Waals surface area contributed by atoms with Gasteiger partial charge in [0, 0.05) is 0 Å². The van der Waals surface area contributed by atoms with E-state index in [-0.39, 0.29) is 5.54 Å². The van der Waals surface area contributed by atoms with Crippen LogP contribution < -0.4 is 4.74 Å².